The van der Waals surface area contributed by atoms with Crippen molar-refractivity contribution >= 4 is 33.1 Å². The molecule has 2 heterocycles. The van der Waals surface area contributed by atoms with Crippen LogP contribution in [-0.4, -0.2) is 19.8 Å². The molecule has 2 N–H and O–H groups in total. The van der Waals surface area contributed by atoms with Crippen LogP contribution in [0.4, 0.5) is 17.2 Å². The summed E-state index contributed by atoms with van der Waals surface area (Å²) in [6.07, 6.45) is 3.05. The SMILES string of the molecule is Cc1cnc(Br)c([N+](=O)[O-])c1.Cc1cnc(N)c([N+](=O)[O-])c1. The first-order valence-corrected chi connectivity index (χ1v) is 6.64. The Morgan fingerprint density at radius 3 is 1.86 bits per heavy atom. The van der Waals surface area contributed by atoms with Crippen molar-refractivity contribution in [2.45, 2.75) is 13.8 Å². The van der Waals surface area contributed by atoms with Crippen LogP contribution in [0.2, 0.25) is 0 Å². The lowest BCUT2D eigenvalue weighted by atomic mass is 10.3. The minimum absolute atomic E-state index is 0.00463. The average Bonchev–Trinajstić information content (AvgIpc) is 2.44. The molecule has 0 aliphatic heterocycles. The molecule has 0 saturated carbocycles. The molecular formula is C12H12BrN5O4. The van der Waals surface area contributed by atoms with E-state index in [4.69, 9.17) is 5.73 Å². The van der Waals surface area contributed by atoms with Crippen molar-refractivity contribution in [3.8, 4) is 0 Å². The summed E-state index contributed by atoms with van der Waals surface area (Å²) in [7, 11) is 0. The second-order valence-electron chi connectivity index (χ2n) is 4.25. The molecule has 116 valence electrons. The van der Waals surface area contributed by atoms with E-state index in [2.05, 4.69) is 25.9 Å². The normalized spacial score (nSPS) is 9.59. The maximum Gasteiger partial charge on any atom is 0.311 e. The number of aryl methyl sites for hydroxylation is 2. The second-order valence-corrected chi connectivity index (χ2v) is 5.00. The lowest BCUT2D eigenvalue weighted by Crippen LogP contribution is -1.98. The molecule has 0 radical (unpaired) electrons. The third-order valence-electron chi connectivity index (χ3n) is 2.38. The van der Waals surface area contributed by atoms with Crippen molar-refractivity contribution in [1.82, 2.24) is 9.97 Å². The van der Waals surface area contributed by atoms with Crippen LogP contribution in [0.1, 0.15) is 11.1 Å². The number of pyridine rings is 2. The molecule has 0 aliphatic rings. The lowest BCUT2D eigenvalue weighted by Gasteiger charge is -1.95. The Morgan fingerprint density at radius 2 is 1.45 bits per heavy atom. The molecule has 0 amide bonds. The Morgan fingerprint density at radius 1 is 1.00 bits per heavy atom. The van der Waals surface area contributed by atoms with Gasteiger partial charge in [-0.15, -0.1) is 0 Å². The Balaban J connectivity index is 0.000000220. The Kier molecular flexibility index (Phi) is 5.87. The van der Waals surface area contributed by atoms with Crippen molar-refractivity contribution in [2.24, 2.45) is 0 Å². The molecular weight excluding hydrogens is 358 g/mol. The van der Waals surface area contributed by atoms with Crippen LogP contribution in [0.3, 0.4) is 0 Å². The van der Waals surface area contributed by atoms with Crippen molar-refractivity contribution in [3.05, 3.63) is 60.5 Å². The maximum absolute atomic E-state index is 10.3. The number of hydrogen-bond donors (Lipinski definition) is 1. The first kappa shape index (κ1) is 17.4. The zero-order chi connectivity index (χ0) is 16.9. The first-order valence-electron chi connectivity index (χ1n) is 5.85. The van der Waals surface area contributed by atoms with Gasteiger partial charge in [-0.1, -0.05) is 0 Å². The number of nitrogen functional groups attached to an aromatic ring is 1. The largest absolute Gasteiger partial charge is 0.378 e. The molecule has 22 heavy (non-hydrogen) atoms. The monoisotopic (exact) mass is 369 g/mol. The van der Waals surface area contributed by atoms with Crippen molar-refractivity contribution < 1.29 is 9.85 Å². The van der Waals surface area contributed by atoms with Gasteiger partial charge in [-0.2, -0.15) is 0 Å². The van der Waals surface area contributed by atoms with E-state index in [0.29, 0.717) is 0 Å². The van der Waals surface area contributed by atoms with Crippen LogP contribution in [0, 0.1) is 34.1 Å². The number of anilines is 1. The van der Waals surface area contributed by atoms with Crippen LogP contribution in [0.15, 0.2) is 29.1 Å². The number of nitrogens with two attached hydrogens (primary N) is 1. The van der Waals surface area contributed by atoms with Gasteiger partial charge in [-0.05, 0) is 40.9 Å². The molecule has 0 atom stereocenters. The summed E-state index contributed by atoms with van der Waals surface area (Å²) < 4.78 is 0.271. The zero-order valence-corrected chi connectivity index (χ0v) is 13.3. The molecule has 0 fully saturated rings. The minimum Gasteiger partial charge on any atom is -0.378 e. The van der Waals surface area contributed by atoms with Crippen molar-refractivity contribution in [1.29, 1.82) is 0 Å². The van der Waals surface area contributed by atoms with Gasteiger partial charge in [0.15, 0.2) is 4.60 Å². The topological polar surface area (TPSA) is 138 Å². The van der Waals surface area contributed by atoms with Gasteiger partial charge >= 0.3 is 11.4 Å². The van der Waals surface area contributed by atoms with Gasteiger partial charge in [0.25, 0.3) is 0 Å². The highest BCUT2D eigenvalue weighted by Crippen LogP contribution is 2.22. The van der Waals surface area contributed by atoms with Crippen molar-refractivity contribution in [2.75, 3.05) is 5.73 Å². The molecule has 9 nitrogen and oxygen atoms in total. The van der Waals surface area contributed by atoms with Gasteiger partial charge in [-0.25, -0.2) is 9.97 Å². The van der Waals surface area contributed by atoms with Gasteiger partial charge in [0, 0.05) is 24.5 Å². The van der Waals surface area contributed by atoms with Gasteiger partial charge in [-0.3, -0.25) is 20.2 Å². The highest BCUT2D eigenvalue weighted by Gasteiger charge is 2.12. The summed E-state index contributed by atoms with van der Waals surface area (Å²) in [6, 6.07) is 2.86. The quantitative estimate of drug-likeness (QED) is 0.487. The Bertz CT molecular complexity index is 661. The average molecular weight is 370 g/mol. The van der Waals surface area contributed by atoms with Crippen LogP contribution < -0.4 is 5.73 Å². The fourth-order valence-electron chi connectivity index (χ4n) is 1.38. The summed E-state index contributed by atoms with van der Waals surface area (Å²) in [4.78, 5) is 27.0. The van der Waals surface area contributed by atoms with Crippen LogP contribution in [-0.2, 0) is 0 Å². The maximum atomic E-state index is 10.3. The number of nitro groups is 2. The highest BCUT2D eigenvalue weighted by atomic mass is 79.9. The molecule has 2 aromatic rings. The van der Waals surface area contributed by atoms with Gasteiger partial charge in [0.1, 0.15) is 0 Å². The van der Waals surface area contributed by atoms with Crippen LogP contribution >= 0.6 is 15.9 Å². The summed E-state index contributed by atoms with van der Waals surface area (Å²) in [5.41, 5.74) is 6.61. The molecule has 10 heteroatoms. The predicted octanol–water partition coefficient (Wildman–Crippen LogP) is 2.94. The molecule has 0 aromatic carbocycles. The van der Waals surface area contributed by atoms with Crippen LogP contribution in [0.5, 0.6) is 0 Å². The van der Waals surface area contributed by atoms with Gasteiger partial charge in [0.05, 0.1) is 9.85 Å². The number of rotatable bonds is 2. The molecule has 2 rings (SSSR count). The first-order chi connectivity index (χ1) is 10.2. The smallest absolute Gasteiger partial charge is 0.311 e. The molecule has 0 bridgehead atoms. The number of halogens is 1. The predicted molar refractivity (Wildman–Crippen MR) is 83.4 cm³/mol. The summed E-state index contributed by atoms with van der Waals surface area (Å²) in [6.45, 7) is 3.48. The van der Waals surface area contributed by atoms with E-state index >= 15 is 0 Å². The van der Waals surface area contributed by atoms with E-state index in [1.807, 2.05) is 0 Å². The van der Waals surface area contributed by atoms with E-state index in [1.165, 1.54) is 18.3 Å². The van der Waals surface area contributed by atoms with E-state index in [1.54, 1.807) is 20.0 Å². The molecule has 0 unspecified atom stereocenters. The highest BCUT2D eigenvalue weighted by molar-refractivity contribution is 9.10. The van der Waals surface area contributed by atoms with E-state index < -0.39 is 9.85 Å². The molecule has 0 saturated heterocycles. The third-order valence-corrected chi connectivity index (χ3v) is 3.00. The van der Waals surface area contributed by atoms with Crippen molar-refractivity contribution in [3.63, 3.8) is 0 Å². The minimum atomic E-state index is -0.546. The molecule has 2 aromatic heterocycles. The fourth-order valence-corrected chi connectivity index (χ4v) is 1.74. The number of hydrogen-bond acceptors (Lipinski definition) is 7. The Hall–Kier alpha value is -2.62. The second kappa shape index (κ2) is 7.41. The zero-order valence-electron chi connectivity index (χ0n) is 11.7. The van der Waals surface area contributed by atoms with Gasteiger partial charge in [0.2, 0.25) is 5.82 Å². The summed E-state index contributed by atoms with van der Waals surface area (Å²) in [5, 5.41) is 20.6. The fraction of sp³-hybridized carbons (Fsp3) is 0.167. The van der Waals surface area contributed by atoms with Gasteiger partial charge < -0.3 is 5.73 Å². The van der Waals surface area contributed by atoms with E-state index in [9.17, 15) is 20.2 Å². The summed E-state index contributed by atoms with van der Waals surface area (Å²) >= 11 is 2.98. The third kappa shape index (κ3) is 4.74. The standard InChI is InChI=1S/C6H5BrN2O2.C6H7N3O2/c2*1-4-2-5(9(10)11)6(7)8-3-4/h2-3H,1H3;2-3H,1H3,(H2,7,8). The number of aromatic nitrogens is 2. The van der Waals surface area contributed by atoms with Crippen LogP contribution in [0.25, 0.3) is 0 Å². The van der Waals surface area contributed by atoms with E-state index in [0.717, 1.165) is 11.1 Å². The lowest BCUT2D eigenvalue weighted by molar-refractivity contribution is -0.386. The van der Waals surface area contributed by atoms with E-state index in [-0.39, 0.29) is 21.8 Å². The Labute approximate surface area is 133 Å². The number of nitrogens with zero attached hydrogens (tertiary/aromatic N) is 4. The molecule has 0 spiro atoms. The summed E-state index contributed by atoms with van der Waals surface area (Å²) in [5.74, 6) is -0.0411. The molecule has 0 aliphatic carbocycles.